The Balaban J connectivity index is 2.37. The van der Waals surface area contributed by atoms with Crippen LogP contribution in [-0.4, -0.2) is 13.3 Å². The smallest absolute Gasteiger partial charge is 0.339 e. The Morgan fingerprint density at radius 2 is 1.90 bits per heavy atom. The highest BCUT2D eigenvalue weighted by atomic mass is 32.2. The van der Waals surface area contributed by atoms with Crippen molar-refractivity contribution in [3.8, 4) is 5.75 Å². The van der Waals surface area contributed by atoms with Gasteiger partial charge in [0.05, 0.1) is 11.0 Å². The third-order valence-electron chi connectivity index (χ3n) is 2.64. The molecule has 0 atom stereocenters. The van der Waals surface area contributed by atoms with Crippen molar-refractivity contribution in [1.29, 1.82) is 0 Å². The van der Waals surface area contributed by atoms with E-state index in [4.69, 9.17) is 4.18 Å². The summed E-state index contributed by atoms with van der Waals surface area (Å²) in [5.41, 5.74) is -0.112. The van der Waals surface area contributed by atoms with Crippen LogP contribution in [0.2, 0.25) is 0 Å². The fourth-order valence-corrected chi connectivity index (χ4v) is 2.85. The molecule has 110 valence electrons. The quantitative estimate of drug-likeness (QED) is 0.492. The minimum atomic E-state index is -4.19. The van der Waals surface area contributed by atoms with Crippen LogP contribution < -0.4 is 4.18 Å². The summed E-state index contributed by atoms with van der Waals surface area (Å²) in [4.78, 5) is 9.78. The van der Waals surface area contributed by atoms with Crippen LogP contribution in [-0.2, 0) is 10.1 Å². The van der Waals surface area contributed by atoms with Gasteiger partial charge in [0.25, 0.3) is 5.69 Å². The van der Waals surface area contributed by atoms with E-state index in [-0.39, 0.29) is 21.9 Å². The van der Waals surface area contributed by atoms with E-state index in [9.17, 15) is 22.9 Å². The van der Waals surface area contributed by atoms with E-state index >= 15 is 0 Å². The summed E-state index contributed by atoms with van der Waals surface area (Å²) in [6.45, 7) is 1.42. The lowest BCUT2D eigenvalue weighted by Crippen LogP contribution is -2.11. The minimum absolute atomic E-state index is 0.181. The number of nitro groups is 1. The molecule has 0 bridgehead atoms. The SMILES string of the molecule is Cc1cc(F)ccc1S(=O)(=O)Oc1cccc([N+](=O)[O-])c1. The van der Waals surface area contributed by atoms with Crippen molar-refractivity contribution in [2.24, 2.45) is 0 Å². The van der Waals surface area contributed by atoms with Gasteiger partial charge >= 0.3 is 10.1 Å². The van der Waals surface area contributed by atoms with E-state index in [0.29, 0.717) is 0 Å². The lowest BCUT2D eigenvalue weighted by Gasteiger charge is -2.09. The van der Waals surface area contributed by atoms with E-state index in [1.807, 2.05) is 0 Å². The van der Waals surface area contributed by atoms with Gasteiger partial charge in [-0.05, 0) is 36.8 Å². The highest BCUT2D eigenvalue weighted by Gasteiger charge is 2.20. The van der Waals surface area contributed by atoms with Crippen LogP contribution in [0.5, 0.6) is 5.75 Å². The molecule has 0 spiro atoms. The van der Waals surface area contributed by atoms with Gasteiger partial charge in [0.2, 0.25) is 0 Å². The number of hydrogen-bond donors (Lipinski definition) is 0. The van der Waals surface area contributed by atoms with Crippen molar-refractivity contribution >= 4 is 15.8 Å². The Hall–Kier alpha value is -2.48. The highest BCUT2D eigenvalue weighted by Crippen LogP contribution is 2.24. The van der Waals surface area contributed by atoms with Gasteiger partial charge in [-0.15, -0.1) is 0 Å². The second kappa shape index (κ2) is 5.49. The van der Waals surface area contributed by atoms with E-state index in [0.717, 1.165) is 24.3 Å². The number of nitrogens with zero attached hydrogens (tertiary/aromatic N) is 1. The van der Waals surface area contributed by atoms with Crippen LogP contribution in [0.15, 0.2) is 47.4 Å². The molecule has 0 aromatic heterocycles. The molecule has 0 heterocycles. The summed E-state index contributed by atoms with van der Waals surface area (Å²) in [7, 11) is -4.19. The molecule has 2 aromatic rings. The van der Waals surface area contributed by atoms with Gasteiger partial charge in [0, 0.05) is 6.07 Å². The Morgan fingerprint density at radius 1 is 1.19 bits per heavy atom. The van der Waals surface area contributed by atoms with Gasteiger partial charge < -0.3 is 4.18 Å². The van der Waals surface area contributed by atoms with E-state index in [1.54, 1.807) is 0 Å². The molecular weight excluding hydrogens is 301 g/mol. The highest BCUT2D eigenvalue weighted by molar-refractivity contribution is 7.87. The van der Waals surface area contributed by atoms with E-state index < -0.39 is 20.9 Å². The van der Waals surface area contributed by atoms with Crippen molar-refractivity contribution in [3.63, 3.8) is 0 Å². The third kappa shape index (κ3) is 3.34. The van der Waals surface area contributed by atoms with Crippen LogP contribution >= 0.6 is 0 Å². The van der Waals surface area contributed by atoms with Gasteiger partial charge in [0.15, 0.2) is 0 Å². The molecular formula is C13H10FNO5S. The maximum Gasteiger partial charge on any atom is 0.339 e. The first kappa shape index (κ1) is 14.9. The minimum Gasteiger partial charge on any atom is -0.379 e. The van der Waals surface area contributed by atoms with Crippen LogP contribution in [0.4, 0.5) is 10.1 Å². The lowest BCUT2D eigenvalue weighted by atomic mass is 10.2. The zero-order valence-electron chi connectivity index (χ0n) is 10.8. The second-order valence-electron chi connectivity index (χ2n) is 4.20. The molecule has 8 heteroatoms. The number of hydrogen-bond acceptors (Lipinski definition) is 5. The van der Waals surface area contributed by atoms with E-state index in [1.165, 1.54) is 25.1 Å². The van der Waals surface area contributed by atoms with Crippen LogP contribution in [0.3, 0.4) is 0 Å². The summed E-state index contributed by atoms with van der Waals surface area (Å²) in [5.74, 6) is -0.755. The Kier molecular flexibility index (Phi) is 3.90. The zero-order chi connectivity index (χ0) is 15.6. The Morgan fingerprint density at radius 3 is 2.52 bits per heavy atom. The zero-order valence-corrected chi connectivity index (χ0v) is 11.6. The molecule has 0 saturated carbocycles. The fraction of sp³-hybridized carbons (Fsp3) is 0.0769. The fourth-order valence-electron chi connectivity index (χ4n) is 1.71. The largest absolute Gasteiger partial charge is 0.379 e. The van der Waals surface area contributed by atoms with Gasteiger partial charge in [0.1, 0.15) is 16.5 Å². The average molecular weight is 311 g/mol. The summed E-state index contributed by atoms with van der Waals surface area (Å²) < 4.78 is 42.0. The summed E-state index contributed by atoms with van der Waals surface area (Å²) in [6.07, 6.45) is 0. The maximum atomic E-state index is 13.0. The number of benzene rings is 2. The van der Waals surface area contributed by atoms with Gasteiger partial charge in [-0.3, -0.25) is 10.1 Å². The summed E-state index contributed by atoms with van der Waals surface area (Å²) >= 11 is 0. The number of halogens is 1. The third-order valence-corrected chi connectivity index (χ3v) is 4.05. The van der Waals surface area contributed by atoms with Crippen LogP contribution in [0.25, 0.3) is 0 Å². The monoisotopic (exact) mass is 311 g/mol. The topological polar surface area (TPSA) is 86.5 Å². The van der Waals surface area contributed by atoms with Crippen molar-refractivity contribution in [2.45, 2.75) is 11.8 Å². The first-order valence-electron chi connectivity index (χ1n) is 5.75. The molecule has 0 saturated heterocycles. The predicted molar refractivity (Wildman–Crippen MR) is 72.0 cm³/mol. The number of rotatable bonds is 4. The van der Waals surface area contributed by atoms with Crippen LogP contribution in [0.1, 0.15) is 5.56 Å². The first-order chi connectivity index (χ1) is 9.79. The molecule has 0 aliphatic carbocycles. The molecule has 0 aliphatic rings. The number of nitro benzene ring substituents is 1. The predicted octanol–water partition coefficient (Wildman–Crippen LogP) is 2.81. The molecule has 6 nitrogen and oxygen atoms in total. The van der Waals surface area contributed by atoms with Gasteiger partial charge in [-0.2, -0.15) is 8.42 Å². The molecule has 0 N–H and O–H groups in total. The van der Waals surface area contributed by atoms with Crippen molar-refractivity contribution in [3.05, 3.63) is 64.0 Å². The Labute approximate surface area is 120 Å². The van der Waals surface area contributed by atoms with Crippen LogP contribution in [0, 0.1) is 22.9 Å². The normalized spacial score (nSPS) is 11.1. The lowest BCUT2D eigenvalue weighted by molar-refractivity contribution is -0.384. The Bertz CT molecular complexity index is 804. The van der Waals surface area contributed by atoms with E-state index in [2.05, 4.69) is 0 Å². The van der Waals surface area contributed by atoms with Gasteiger partial charge in [-0.25, -0.2) is 4.39 Å². The van der Waals surface area contributed by atoms with Gasteiger partial charge in [-0.1, -0.05) is 6.07 Å². The number of non-ortho nitro benzene ring substituents is 1. The average Bonchev–Trinajstić information content (AvgIpc) is 2.37. The first-order valence-corrected chi connectivity index (χ1v) is 7.15. The van der Waals surface area contributed by atoms with Crippen molar-refractivity contribution in [2.75, 3.05) is 0 Å². The molecule has 2 aromatic carbocycles. The standard InChI is InChI=1S/C13H10FNO5S/c1-9-7-10(14)5-6-13(9)21(18,19)20-12-4-2-3-11(8-12)15(16)17/h2-8H,1H3. The number of aryl methyl sites for hydroxylation is 1. The van der Waals surface area contributed by atoms with Crippen molar-refractivity contribution in [1.82, 2.24) is 0 Å². The molecule has 0 amide bonds. The molecule has 0 aliphatic heterocycles. The molecule has 2 rings (SSSR count). The summed E-state index contributed by atoms with van der Waals surface area (Å²) in [5, 5.41) is 10.6. The second-order valence-corrected chi connectivity index (χ2v) is 5.72. The van der Waals surface area contributed by atoms with Crippen molar-refractivity contribution < 1.29 is 21.9 Å². The molecule has 0 fully saturated rings. The maximum absolute atomic E-state index is 13.0. The molecule has 21 heavy (non-hydrogen) atoms. The molecule has 0 unspecified atom stereocenters. The molecule has 0 radical (unpaired) electrons. The summed E-state index contributed by atoms with van der Waals surface area (Å²) in [6, 6.07) is 7.93.